The summed E-state index contributed by atoms with van der Waals surface area (Å²) in [5.41, 5.74) is -1.68. The van der Waals surface area contributed by atoms with Gasteiger partial charge in [0.05, 0.1) is 18.0 Å². The maximum Gasteiger partial charge on any atom is 0.420 e. The number of ether oxygens (including phenoxy) is 1. The van der Waals surface area contributed by atoms with Gasteiger partial charge in [-0.3, -0.25) is 0 Å². The molecule has 118 valence electrons. The molecule has 0 saturated carbocycles. The average molecular weight is 333 g/mol. The van der Waals surface area contributed by atoms with Gasteiger partial charge in [-0.05, 0) is 38.1 Å². The number of rotatable bonds is 3. The first-order chi connectivity index (χ1) is 10.3. The lowest BCUT2D eigenvalue weighted by Crippen LogP contribution is -2.14. The first-order valence-corrected chi connectivity index (χ1v) is 6.73. The van der Waals surface area contributed by atoms with Crippen molar-refractivity contribution in [1.29, 1.82) is 0 Å². The van der Waals surface area contributed by atoms with Gasteiger partial charge >= 0.3 is 12.1 Å². The maximum atomic E-state index is 13.2. The summed E-state index contributed by atoms with van der Waals surface area (Å²) in [4.78, 5) is 11.7. The van der Waals surface area contributed by atoms with Crippen molar-refractivity contribution in [3.05, 3.63) is 46.2 Å². The highest BCUT2D eigenvalue weighted by atomic mass is 35.5. The highest BCUT2D eigenvalue weighted by Crippen LogP contribution is 2.35. The van der Waals surface area contributed by atoms with Crippen LogP contribution in [0.3, 0.4) is 0 Å². The van der Waals surface area contributed by atoms with Crippen LogP contribution in [0.4, 0.5) is 13.2 Å². The molecule has 8 heteroatoms. The number of esters is 1. The second kappa shape index (κ2) is 6.00. The molecule has 0 N–H and O–H groups in total. The van der Waals surface area contributed by atoms with E-state index >= 15 is 0 Å². The minimum atomic E-state index is -4.71. The average Bonchev–Trinajstić information content (AvgIpc) is 2.77. The molecule has 0 radical (unpaired) electrons. The van der Waals surface area contributed by atoms with E-state index in [-0.39, 0.29) is 12.3 Å². The van der Waals surface area contributed by atoms with Crippen LogP contribution in [0.15, 0.2) is 24.3 Å². The van der Waals surface area contributed by atoms with E-state index in [1.807, 2.05) is 0 Å². The molecule has 0 saturated heterocycles. The summed E-state index contributed by atoms with van der Waals surface area (Å²) in [6.07, 6.45) is -4.71. The number of hydrogen-bond donors (Lipinski definition) is 0. The molecule has 1 aromatic heterocycles. The van der Waals surface area contributed by atoms with Crippen molar-refractivity contribution in [1.82, 2.24) is 9.78 Å². The van der Waals surface area contributed by atoms with Crippen LogP contribution in [-0.4, -0.2) is 22.4 Å². The summed E-state index contributed by atoms with van der Waals surface area (Å²) >= 11 is 5.76. The van der Waals surface area contributed by atoms with Gasteiger partial charge in [-0.1, -0.05) is 11.6 Å². The monoisotopic (exact) mass is 332 g/mol. The van der Waals surface area contributed by atoms with Gasteiger partial charge in [-0.25, -0.2) is 9.48 Å². The molecule has 1 heterocycles. The lowest BCUT2D eigenvalue weighted by atomic mass is 10.2. The Hall–Kier alpha value is -2.02. The molecule has 0 fully saturated rings. The van der Waals surface area contributed by atoms with E-state index in [0.29, 0.717) is 10.7 Å². The van der Waals surface area contributed by atoms with Crippen molar-refractivity contribution >= 4 is 17.6 Å². The molecule has 2 aromatic rings. The van der Waals surface area contributed by atoms with Crippen LogP contribution in [0.5, 0.6) is 0 Å². The molecule has 0 aliphatic carbocycles. The van der Waals surface area contributed by atoms with Gasteiger partial charge < -0.3 is 4.74 Å². The number of halogens is 4. The van der Waals surface area contributed by atoms with Crippen molar-refractivity contribution in [2.45, 2.75) is 20.0 Å². The summed E-state index contributed by atoms with van der Waals surface area (Å²) in [7, 11) is 0. The second-order valence-electron chi connectivity index (χ2n) is 4.42. The number of benzene rings is 1. The van der Waals surface area contributed by atoms with E-state index in [2.05, 4.69) is 9.84 Å². The Morgan fingerprint density at radius 2 is 1.91 bits per heavy atom. The minimum Gasteiger partial charge on any atom is -0.461 e. The fourth-order valence-corrected chi connectivity index (χ4v) is 2.14. The smallest absolute Gasteiger partial charge is 0.420 e. The topological polar surface area (TPSA) is 44.1 Å². The number of carbonyl (C=O) groups excluding carboxylic acids is 1. The molecule has 0 spiro atoms. The van der Waals surface area contributed by atoms with Gasteiger partial charge in [0, 0.05) is 5.02 Å². The highest BCUT2D eigenvalue weighted by molar-refractivity contribution is 6.30. The number of nitrogens with zero attached hydrogens (tertiary/aromatic N) is 2. The zero-order valence-corrected chi connectivity index (χ0v) is 12.5. The standard InChI is InChI=1S/C14H12ClF3N2O2/c1-3-22-13(21)12-11(14(16,17)18)8(2)20(19-12)10-6-4-9(15)5-7-10/h4-7H,3H2,1-2H3. The van der Waals surface area contributed by atoms with Crippen LogP contribution in [0.2, 0.25) is 5.02 Å². The third-order valence-corrected chi connectivity index (χ3v) is 3.19. The van der Waals surface area contributed by atoms with Crippen molar-refractivity contribution in [2.24, 2.45) is 0 Å². The summed E-state index contributed by atoms with van der Waals surface area (Å²) in [6, 6.07) is 6.07. The van der Waals surface area contributed by atoms with Gasteiger partial charge in [-0.15, -0.1) is 0 Å². The lowest BCUT2D eigenvalue weighted by Gasteiger charge is -2.08. The third-order valence-electron chi connectivity index (χ3n) is 2.94. The van der Waals surface area contributed by atoms with Crippen LogP contribution < -0.4 is 0 Å². The molecule has 0 amide bonds. The molecular weight excluding hydrogens is 321 g/mol. The molecule has 0 bridgehead atoms. The summed E-state index contributed by atoms with van der Waals surface area (Å²) in [5.74, 6) is -1.11. The predicted molar refractivity (Wildman–Crippen MR) is 74.3 cm³/mol. The lowest BCUT2D eigenvalue weighted by molar-refractivity contribution is -0.138. The Morgan fingerprint density at radius 3 is 2.41 bits per heavy atom. The zero-order valence-electron chi connectivity index (χ0n) is 11.7. The first kappa shape index (κ1) is 16.4. The molecule has 0 unspecified atom stereocenters. The van der Waals surface area contributed by atoms with Gasteiger partial charge in [0.1, 0.15) is 5.56 Å². The third kappa shape index (κ3) is 3.09. The highest BCUT2D eigenvalue weighted by Gasteiger charge is 2.41. The molecule has 2 rings (SSSR count). The molecular formula is C14H12ClF3N2O2. The molecule has 0 aliphatic rings. The minimum absolute atomic E-state index is 0.0387. The van der Waals surface area contributed by atoms with Crippen LogP contribution in [0.25, 0.3) is 5.69 Å². The van der Waals surface area contributed by atoms with E-state index in [4.69, 9.17) is 11.6 Å². The zero-order chi connectivity index (χ0) is 16.5. The van der Waals surface area contributed by atoms with E-state index in [0.717, 1.165) is 4.68 Å². The summed E-state index contributed by atoms with van der Waals surface area (Å²) in [6.45, 7) is 2.71. The van der Waals surface area contributed by atoms with Crippen molar-refractivity contribution < 1.29 is 22.7 Å². The largest absolute Gasteiger partial charge is 0.461 e. The SMILES string of the molecule is CCOC(=O)c1nn(-c2ccc(Cl)cc2)c(C)c1C(F)(F)F. The first-order valence-electron chi connectivity index (χ1n) is 6.35. The van der Waals surface area contributed by atoms with Crippen LogP contribution in [-0.2, 0) is 10.9 Å². The van der Waals surface area contributed by atoms with Crippen molar-refractivity contribution in [3.63, 3.8) is 0 Å². The predicted octanol–water partition coefficient (Wildman–Crippen LogP) is 4.03. The van der Waals surface area contributed by atoms with E-state index in [9.17, 15) is 18.0 Å². The van der Waals surface area contributed by atoms with E-state index in [1.54, 1.807) is 0 Å². The van der Waals surface area contributed by atoms with Gasteiger partial charge in [0.25, 0.3) is 0 Å². The number of hydrogen-bond acceptors (Lipinski definition) is 3. The van der Waals surface area contributed by atoms with Crippen molar-refractivity contribution in [2.75, 3.05) is 6.61 Å². The Balaban J connectivity index is 2.62. The Bertz CT molecular complexity index is 693. The quantitative estimate of drug-likeness (QED) is 0.797. The number of alkyl halides is 3. The van der Waals surface area contributed by atoms with Crippen LogP contribution >= 0.6 is 11.6 Å². The normalized spacial score (nSPS) is 11.5. The Morgan fingerprint density at radius 1 is 1.32 bits per heavy atom. The summed E-state index contributed by atoms with van der Waals surface area (Å²) < 4.78 is 45.4. The Kier molecular flexibility index (Phi) is 4.46. The molecule has 22 heavy (non-hydrogen) atoms. The van der Waals surface area contributed by atoms with Gasteiger partial charge in [-0.2, -0.15) is 18.3 Å². The Labute approximate surface area is 129 Å². The fraction of sp³-hybridized carbons (Fsp3) is 0.286. The summed E-state index contributed by atoms with van der Waals surface area (Å²) in [5, 5.41) is 4.21. The molecule has 4 nitrogen and oxygen atoms in total. The van der Waals surface area contributed by atoms with Crippen LogP contribution in [0, 0.1) is 6.92 Å². The number of carbonyl (C=O) groups is 1. The van der Waals surface area contributed by atoms with Crippen LogP contribution in [0.1, 0.15) is 28.7 Å². The van der Waals surface area contributed by atoms with E-state index < -0.39 is 23.4 Å². The van der Waals surface area contributed by atoms with Crippen molar-refractivity contribution in [3.8, 4) is 5.69 Å². The number of aromatic nitrogens is 2. The maximum absolute atomic E-state index is 13.2. The van der Waals surface area contributed by atoms with E-state index in [1.165, 1.54) is 38.1 Å². The fourth-order valence-electron chi connectivity index (χ4n) is 2.02. The molecule has 1 aromatic carbocycles. The molecule has 0 aliphatic heterocycles. The van der Waals surface area contributed by atoms with Gasteiger partial charge in [0.2, 0.25) is 0 Å². The van der Waals surface area contributed by atoms with Gasteiger partial charge in [0.15, 0.2) is 5.69 Å². The molecule has 0 atom stereocenters. The second-order valence-corrected chi connectivity index (χ2v) is 4.85.